The average Bonchev–Trinajstić information content (AvgIpc) is 3.13. The molecule has 3 rings (SSSR count). The molecule has 8 heteroatoms. The lowest BCUT2D eigenvalue weighted by atomic mass is 9.98. The van der Waals surface area contributed by atoms with Gasteiger partial charge in [0, 0.05) is 25.7 Å². The van der Waals surface area contributed by atoms with E-state index in [2.05, 4.69) is 21.8 Å². The second kappa shape index (κ2) is 7.87. The van der Waals surface area contributed by atoms with Crippen molar-refractivity contribution in [1.82, 2.24) is 9.62 Å². The number of aromatic carboxylic acids is 1. The van der Waals surface area contributed by atoms with Crippen LogP contribution >= 0.6 is 11.3 Å². The van der Waals surface area contributed by atoms with E-state index < -0.39 is 16.0 Å². The van der Waals surface area contributed by atoms with Gasteiger partial charge in [-0.25, -0.2) is 17.9 Å². The molecule has 6 nitrogen and oxygen atoms in total. The molecule has 0 amide bonds. The van der Waals surface area contributed by atoms with Gasteiger partial charge in [-0.05, 0) is 36.1 Å². The molecular weight excluding hydrogens is 372 g/mol. The molecule has 26 heavy (non-hydrogen) atoms. The first-order valence-electron chi connectivity index (χ1n) is 8.54. The summed E-state index contributed by atoms with van der Waals surface area (Å²) in [6, 6.07) is 11.1. The fourth-order valence-corrected chi connectivity index (χ4v) is 5.48. The number of sulfonamides is 1. The number of carboxylic acids is 1. The van der Waals surface area contributed by atoms with Crippen molar-refractivity contribution in [3.8, 4) is 0 Å². The summed E-state index contributed by atoms with van der Waals surface area (Å²) in [5, 5.41) is 8.96. The summed E-state index contributed by atoms with van der Waals surface area (Å²) in [7, 11) is -3.70. The monoisotopic (exact) mass is 394 g/mol. The van der Waals surface area contributed by atoms with Gasteiger partial charge in [-0.2, -0.15) is 0 Å². The lowest BCUT2D eigenvalue weighted by Crippen LogP contribution is -2.45. The van der Waals surface area contributed by atoms with Gasteiger partial charge < -0.3 is 5.11 Å². The Morgan fingerprint density at radius 3 is 2.65 bits per heavy atom. The maximum Gasteiger partial charge on any atom is 0.345 e. The van der Waals surface area contributed by atoms with E-state index in [1.165, 1.54) is 23.3 Å². The predicted octanol–water partition coefficient (Wildman–Crippen LogP) is 2.56. The number of benzene rings is 1. The van der Waals surface area contributed by atoms with Crippen molar-refractivity contribution in [1.29, 1.82) is 0 Å². The minimum absolute atomic E-state index is 0.0186. The number of hydrogen-bond donors (Lipinski definition) is 2. The van der Waals surface area contributed by atoms with Crippen LogP contribution in [0.3, 0.4) is 0 Å². The minimum Gasteiger partial charge on any atom is -0.477 e. The van der Waals surface area contributed by atoms with Gasteiger partial charge in [0.15, 0.2) is 0 Å². The van der Waals surface area contributed by atoms with Crippen molar-refractivity contribution < 1.29 is 18.3 Å². The molecule has 1 unspecified atom stereocenters. The van der Waals surface area contributed by atoms with E-state index in [1.54, 1.807) is 0 Å². The smallest absolute Gasteiger partial charge is 0.345 e. The van der Waals surface area contributed by atoms with Crippen LogP contribution < -0.4 is 4.72 Å². The third-order valence-electron chi connectivity index (χ3n) is 4.71. The van der Waals surface area contributed by atoms with Gasteiger partial charge in [-0.15, -0.1) is 11.3 Å². The molecule has 2 N–H and O–H groups in total. The first-order valence-corrected chi connectivity index (χ1v) is 10.8. The quantitative estimate of drug-likeness (QED) is 0.754. The zero-order valence-electron chi connectivity index (χ0n) is 14.5. The summed E-state index contributed by atoms with van der Waals surface area (Å²) in [5.41, 5.74) is 2.66. The Morgan fingerprint density at radius 2 is 2.00 bits per heavy atom. The van der Waals surface area contributed by atoms with E-state index in [9.17, 15) is 13.2 Å². The molecule has 0 bridgehead atoms. The molecule has 1 aromatic heterocycles. The number of rotatable bonds is 7. The summed E-state index contributed by atoms with van der Waals surface area (Å²) in [6.45, 7) is 4.08. The molecule has 0 aliphatic carbocycles. The predicted molar refractivity (Wildman–Crippen MR) is 101 cm³/mol. The zero-order valence-corrected chi connectivity index (χ0v) is 16.1. The van der Waals surface area contributed by atoms with E-state index in [0.717, 1.165) is 37.3 Å². The number of nitrogens with zero attached hydrogens (tertiary/aromatic N) is 1. The van der Waals surface area contributed by atoms with Crippen molar-refractivity contribution in [2.24, 2.45) is 0 Å². The fourth-order valence-electron chi connectivity index (χ4n) is 3.22. The third-order valence-corrected chi connectivity index (χ3v) is 7.70. The van der Waals surface area contributed by atoms with Gasteiger partial charge in [-0.3, -0.25) is 4.90 Å². The van der Waals surface area contributed by atoms with Crippen molar-refractivity contribution in [3.05, 3.63) is 52.4 Å². The highest BCUT2D eigenvalue weighted by Crippen LogP contribution is 2.23. The standard InChI is InChI=1S/C18H22N2O4S2/c1-2-15(20-10-9-13-5-3-4-6-14(13)12-20)11-19-26(23,24)17-8-7-16(25-17)18(21)22/h3-8,15,19H,2,9-12H2,1H3,(H,21,22). The number of hydrogen-bond acceptors (Lipinski definition) is 5. The number of thiophene rings is 1. The zero-order chi connectivity index (χ0) is 18.7. The van der Waals surface area contributed by atoms with E-state index in [0.29, 0.717) is 6.54 Å². The molecule has 0 saturated heterocycles. The van der Waals surface area contributed by atoms with Crippen LogP contribution in [0.4, 0.5) is 0 Å². The van der Waals surface area contributed by atoms with E-state index in [4.69, 9.17) is 5.11 Å². The average molecular weight is 395 g/mol. The Bertz CT molecular complexity index is 892. The number of carboxylic acid groups (broad SMARTS) is 1. The normalized spacial score (nSPS) is 16.2. The molecule has 0 spiro atoms. The SMILES string of the molecule is CCC(CNS(=O)(=O)c1ccc(C(=O)O)s1)N1CCc2ccccc2C1. The second-order valence-electron chi connectivity index (χ2n) is 6.33. The molecule has 1 atom stereocenters. The van der Waals surface area contributed by atoms with E-state index in [1.807, 2.05) is 19.1 Å². The molecule has 0 fully saturated rings. The highest BCUT2D eigenvalue weighted by Gasteiger charge is 2.25. The number of nitrogens with one attached hydrogen (secondary N) is 1. The first-order chi connectivity index (χ1) is 12.4. The Hall–Kier alpha value is -1.74. The van der Waals surface area contributed by atoms with Gasteiger partial charge in [-0.1, -0.05) is 31.2 Å². The Morgan fingerprint density at radius 1 is 1.27 bits per heavy atom. The molecule has 2 aromatic rings. The number of carbonyl (C=O) groups is 1. The van der Waals surface area contributed by atoms with Crippen LogP contribution in [0.1, 0.15) is 34.1 Å². The summed E-state index contributed by atoms with van der Waals surface area (Å²) >= 11 is 0.770. The van der Waals surface area contributed by atoms with Gasteiger partial charge in [0.05, 0.1) is 0 Å². The Kier molecular flexibility index (Phi) is 5.76. The van der Waals surface area contributed by atoms with Crippen molar-refractivity contribution in [2.45, 2.75) is 36.6 Å². The van der Waals surface area contributed by atoms with Crippen LogP contribution in [-0.4, -0.2) is 43.5 Å². The third kappa shape index (κ3) is 4.15. The van der Waals surface area contributed by atoms with Gasteiger partial charge >= 0.3 is 5.97 Å². The second-order valence-corrected chi connectivity index (χ2v) is 9.40. The molecular formula is C18H22N2O4S2. The molecule has 1 aliphatic rings. The van der Waals surface area contributed by atoms with Crippen LogP contribution in [0.5, 0.6) is 0 Å². The number of fused-ring (bicyclic) bond motifs is 1. The summed E-state index contributed by atoms with van der Waals surface area (Å²) in [5.74, 6) is -1.12. The van der Waals surface area contributed by atoms with Crippen LogP contribution in [0.2, 0.25) is 0 Å². The van der Waals surface area contributed by atoms with Crippen molar-refractivity contribution >= 4 is 27.3 Å². The first kappa shape index (κ1) is 19.0. The molecule has 2 heterocycles. The highest BCUT2D eigenvalue weighted by molar-refractivity contribution is 7.91. The molecule has 1 aliphatic heterocycles. The Labute approximate surface area is 157 Å². The van der Waals surface area contributed by atoms with E-state index >= 15 is 0 Å². The van der Waals surface area contributed by atoms with Crippen LogP contribution in [-0.2, 0) is 23.0 Å². The topological polar surface area (TPSA) is 86.7 Å². The molecule has 0 radical (unpaired) electrons. The van der Waals surface area contributed by atoms with Crippen LogP contribution in [0, 0.1) is 0 Å². The van der Waals surface area contributed by atoms with E-state index in [-0.39, 0.29) is 15.1 Å². The summed E-state index contributed by atoms with van der Waals surface area (Å²) < 4.78 is 27.6. The molecule has 0 saturated carbocycles. The van der Waals surface area contributed by atoms with Crippen molar-refractivity contribution in [2.75, 3.05) is 13.1 Å². The van der Waals surface area contributed by atoms with Crippen LogP contribution in [0.25, 0.3) is 0 Å². The maximum atomic E-state index is 12.5. The van der Waals surface area contributed by atoms with Gasteiger partial charge in [0.25, 0.3) is 0 Å². The van der Waals surface area contributed by atoms with Gasteiger partial charge in [0.2, 0.25) is 10.0 Å². The summed E-state index contributed by atoms with van der Waals surface area (Å²) in [4.78, 5) is 13.3. The minimum atomic E-state index is -3.70. The highest BCUT2D eigenvalue weighted by atomic mass is 32.2. The maximum absolute atomic E-state index is 12.5. The lowest BCUT2D eigenvalue weighted by Gasteiger charge is -2.35. The fraction of sp³-hybridized carbons (Fsp3) is 0.389. The summed E-state index contributed by atoms with van der Waals surface area (Å²) in [6.07, 6.45) is 1.79. The molecule has 140 valence electrons. The van der Waals surface area contributed by atoms with Gasteiger partial charge in [0.1, 0.15) is 9.09 Å². The van der Waals surface area contributed by atoms with Crippen LogP contribution in [0.15, 0.2) is 40.6 Å². The van der Waals surface area contributed by atoms with Crippen molar-refractivity contribution in [3.63, 3.8) is 0 Å². The largest absolute Gasteiger partial charge is 0.477 e. The lowest BCUT2D eigenvalue weighted by molar-refractivity contribution is 0.0702. The molecule has 1 aromatic carbocycles. The Balaban J connectivity index is 1.66.